The zero-order valence-electron chi connectivity index (χ0n) is 12.7. The highest BCUT2D eigenvalue weighted by Crippen LogP contribution is 2.24. The maximum atomic E-state index is 14.4. The van der Waals surface area contributed by atoms with E-state index in [4.69, 9.17) is 11.6 Å². The van der Waals surface area contributed by atoms with Crippen LogP contribution in [0.4, 0.5) is 4.39 Å². The largest absolute Gasteiger partial charge is 0.337 e. The van der Waals surface area contributed by atoms with Crippen LogP contribution in [0, 0.1) is 5.82 Å². The SMILES string of the molecule is O=C(c1ccc(-c2ccc(Cl)cc2)cc1F)N1CCCNCC1. The van der Waals surface area contributed by atoms with Crippen LogP contribution in [0.2, 0.25) is 5.02 Å². The van der Waals surface area contributed by atoms with Gasteiger partial charge in [-0.25, -0.2) is 4.39 Å². The predicted octanol–water partition coefficient (Wildman–Crippen LogP) is 3.58. The van der Waals surface area contributed by atoms with Gasteiger partial charge in [-0.15, -0.1) is 0 Å². The van der Waals surface area contributed by atoms with Crippen LogP contribution in [-0.4, -0.2) is 37.0 Å². The summed E-state index contributed by atoms with van der Waals surface area (Å²) in [5.41, 5.74) is 1.73. The van der Waals surface area contributed by atoms with Gasteiger partial charge < -0.3 is 10.2 Å². The molecule has 23 heavy (non-hydrogen) atoms. The zero-order valence-corrected chi connectivity index (χ0v) is 13.4. The second-order valence-corrected chi connectivity index (χ2v) is 6.03. The van der Waals surface area contributed by atoms with Crippen molar-refractivity contribution in [1.82, 2.24) is 10.2 Å². The molecule has 2 aromatic carbocycles. The van der Waals surface area contributed by atoms with Crippen LogP contribution >= 0.6 is 11.6 Å². The Morgan fingerprint density at radius 1 is 1.04 bits per heavy atom. The zero-order chi connectivity index (χ0) is 16.2. The molecule has 1 amide bonds. The summed E-state index contributed by atoms with van der Waals surface area (Å²) in [6, 6.07) is 11.9. The molecule has 1 aliphatic heterocycles. The molecule has 1 N–H and O–H groups in total. The first-order valence-electron chi connectivity index (χ1n) is 7.70. The summed E-state index contributed by atoms with van der Waals surface area (Å²) in [4.78, 5) is 14.2. The molecule has 0 atom stereocenters. The van der Waals surface area contributed by atoms with E-state index in [1.54, 1.807) is 29.2 Å². The minimum Gasteiger partial charge on any atom is -0.337 e. The maximum Gasteiger partial charge on any atom is 0.256 e. The highest BCUT2D eigenvalue weighted by Gasteiger charge is 2.20. The number of halogens is 2. The van der Waals surface area contributed by atoms with Crippen LogP contribution in [-0.2, 0) is 0 Å². The van der Waals surface area contributed by atoms with Crippen LogP contribution < -0.4 is 5.32 Å². The van der Waals surface area contributed by atoms with E-state index in [-0.39, 0.29) is 11.5 Å². The molecule has 1 heterocycles. The van der Waals surface area contributed by atoms with Crippen molar-refractivity contribution in [2.75, 3.05) is 26.2 Å². The minimum absolute atomic E-state index is 0.129. The molecular weight excluding hydrogens is 315 g/mol. The molecule has 1 saturated heterocycles. The minimum atomic E-state index is -0.486. The molecule has 0 radical (unpaired) electrons. The summed E-state index contributed by atoms with van der Waals surface area (Å²) in [6.07, 6.45) is 0.885. The van der Waals surface area contributed by atoms with E-state index >= 15 is 0 Å². The quantitative estimate of drug-likeness (QED) is 0.911. The predicted molar refractivity (Wildman–Crippen MR) is 90.2 cm³/mol. The number of carbonyl (C=O) groups is 1. The molecule has 3 rings (SSSR count). The Labute approximate surface area is 140 Å². The van der Waals surface area contributed by atoms with Gasteiger partial charge in [-0.2, -0.15) is 0 Å². The van der Waals surface area contributed by atoms with Crippen molar-refractivity contribution in [1.29, 1.82) is 0 Å². The molecule has 5 heteroatoms. The smallest absolute Gasteiger partial charge is 0.256 e. The molecule has 0 aliphatic carbocycles. The number of hydrogen-bond acceptors (Lipinski definition) is 2. The number of benzene rings is 2. The molecule has 0 aromatic heterocycles. The summed E-state index contributed by atoms with van der Waals surface area (Å²) in [7, 11) is 0. The van der Waals surface area contributed by atoms with Crippen molar-refractivity contribution in [3.05, 3.63) is 58.9 Å². The van der Waals surface area contributed by atoms with Gasteiger partial charge in [0.25, 0.3) is 5.91 Å². The molecular formula is C18H18ClFN2O. The first kappa shape index (κ1) is 16.0. The Morgan fingerprint density at radius 2 is 1.78 bits per heavy atom. The third-order valence-corrected chi connectivity index (χ3v) is 4.26. The lowest BCUT2D eigenvalue weighted by atomic mass is 10.0. The Hall–Kier alpha value is -1.91. The van der Waals surface area contributed by atoms with Crippen molar-refractivity contribution >= 4 is 17.5 Å². The lowest BCUT2D eigenvalue weighted by molar-refractivity contribution is 0.0761. The van der Waals surface area contributed by atoms with Gasteiger partial charge in [0.05, 0.1) is 5.56 Å². The summed E-state index contributed by atoms with van der Waals surface area (Å²) >= 11 is 5.87. The average molecular weight is 333 g/mol. The maximum absolute atomic E-state index is 14.4. The third-order valence-electron chi connectivity index (χ3n) is 4.00. The van der Waals surface area contributed by atoms with Gasteiger partial charge in [-0.3, -0.25) is 4.79 Å². The Morgan fingerprint density at radius 3 is 2.52 bits per heavy atom. The molecule has 2 aromatic rings. The van der Waals surface area contributed by atoms with Gasteiger partial charge in [0.2, 0.25) is 0 Å². The van der Waals surface area contributed by atoms with Crippen LogP contribution in [0.15, 0.2) is 42.5 Å². The molecule has 0 saturated carbocycles. The van der Waals surface area contributed by atoms with Gasteiger partial charge in [0.15, 0.2) is 0 Å². The third kappa shape index (κ3) is 3.71. The van der Waals surface area contributed by atoms with Crippen molar-refractivity contribution < 1.29 is 9.18 Å². The Bertz CT molecular complexity index is 695. The van der Waals surface area contributed by atoms with E-state index in [2.05, 4.69) is 5.32 Å². The van der Waals surface area contributed by atoms with Crippen LogP contribution in [0.3, 0.4) is 0 Å². The molecule has 0 bridgehead atoms. The monoisotopic (exact) mass is 332 g/mol. The van der Waals surface area contributed by atoms with Gasteiger partial charge >= 0.3 is 0 Å². The van der Waals surface area contributed by atoms with E-state index in [1.807, 2.05) is 12.1 Å². The summed E-state index contributed by atoms with van der Waals surface area (Å²) in [6.45, 7) is 2.90. The highest BCUT2D eigenvalue weighted by molar-refractivity contribution is 6.30. The molecule has 120 valence electrons. The van der Waals surface area contributed by atoms with Gasteiger partial charge in [0, 0.05) is 24.7 Å². The van der Waals surface area contributed by atoms with Gasteiger partial charge in [-0.1, -0.05) is 29.8 Å². The molecule has 1 aliphatic rings. The molecule has 0 unspecified atom stereocenters. The van der Waals surface area contributed by atoms with E-state index in [0.29, 0.717) is 18.1 Å². The van der Waals surface area contributed by atoms with Crippen molar-refractivity contribution in [2.45, 2.75) is 6.42 Å². The Balaban J connectivity index is 1.84. The number of amides is 1. The topological polar surface area (TPSA) is 32.3 Å². The van der Waals surface area contributed by atoms with Crippen molar-refractivity contribution in [2.24, 2.45) is 0 Å². The van der Waals surface area contributed by atoms with Crippen molar-refractivity contribution in [3.8, 4) is 11.1 Å². The fourth-order valence-electron chi connectivity index (χ4n) is 2.73. The van der Waals surface area contributed by atoms with E-state index in [0.717, 1.165) is 30.6 Å². The molecule has 1 fully saturated rings. The van der Waals surface area contributed by atoms with E-state index < -0.39 is 5.82 Å². The summed E-state index contributed by atoms with van der Waals surface area (Å²) in [5, 5.41) is 3.87. The lowest BCUT2D eigenvalue weighted by Gasteiger charge is -2.20. The standard InChI is InChI=1S/C18H18ClFN2O/c19-15-5-2-13(3-6-15)14-4-7-16(17(20)12-14)18(23)22-10-1-8-21-9-11-22/h2-7,12,21H,1,8-11H2. The second-order valence-electron chi connectivity index (χ2n) is 5.60. The van der Waals surface area contributed by atoms with E-state index in [9.17, 15) is 9.18 Å². The summed E-state index contributed by atoms with van der Waals surface area (Å²) < 4.78 is 14.4. The van der Waals surface area contributed by atoms with Crippen LogP contribution in [0.1, 0.15) is 16.8 Å². The average Bonchev–Trinajstić information content (AvgIpc) is 2.84. The number of carbonyl (C=O) groups excluding carboxylic acids is 1. The normalized spacial score (nSPS) is 15.3. The first-order valence-corrected chi connectivity index (χ1v) is 8.08. The highest BCUT2D eigenvalue weighted by atomic mass is 35.5. The number of nitrogens with zero attached hydrogens (tertiary/aromatic N) is 1. The van der Waals surface area contributed by atoms with E-state index in [1.165, 1.54) is 6.07 Å². The van der Waals surface area contributed by atoms with Gasteiger partial charge in [0.1, 0.15) is 5.82 Å². The van der Waals surface area contributed by atoms with Gasteiger partial charge in [-0.05, 0) is 48.4 Å². The fraction of sp³-hybridized carbons (Fsp3) is 0.278. The Kier molecular flexibility index (Phi) is 4.94. The fourth-order valence-corrected chi connectivity index (χ4v) is 2.86. The lowest BCUT2D eigenvalue weighted by Crippen LogP contribution is -2.34. The van der Waals surface area contributed by atoms with Crippen molar-refractivity contribution in [3.63, 3.8) is 0 Å². The number of hydrogen-bond donors (Lipinski definition) is 1. The molecule has 3 nitrogen and oxygen atoms in total. The number of nitrogens with one attached hydrogen (secondary N) is 1. The summed E-state index contributed by atoms with van der Waals surface area (Å²) in [5.74, 6) is -0.728. The first-order chi connectivity index (χ1) is 11.1. The number of rotatable bonds is 2. The second kappa shape index (κ2) is 7.11. The van der Waals surface area contributed by atoms with Crippen LogP contribution in [0.25, 0.3) is 11.1 Å². The van der Waals surface area contributed by atoms with Crippen LogP contribution in [0.5, 0.6) is 0 Å². The molecule has 0 spiro atoms.